The van der Waals surface area contributed by atoms with Gasteiger partial charge in [-0.3, -0.25) is 0 Å². The molecule has 0 aliphatic carbocycles. The minimum absolute atomic E-state index is 0.124. The summed E-state index contributed by atoms with van der Waals surface area (Å²) in [4.78, 5) is 19.2. The summed E-state index contributed by atoms with van der Waals surface area (Å²) in [5, 5.41) is 2.99. The van der Waals surface area contributed by atoms with Crippen molar-refractivity contribution in [3.63, 3.8) is 0 Å². The molecule has 1 aromatic heterocycles. The molecule has 5 rings (SSSR count). The molecule has 2 heterocycles. The summed E-state index contributed by atoms with van der Waals surface area (Å²) in [6.07, 6.45) is 1.69. The minimum Gasteiger partial charge on any atom is -0.438 e. The summed E-state index contributed by atoms with van der Waals surface area (Å²) in [6, 6.07) is 21.6. The van der Waals surface area contributed by atoms with Crippen molar-refractivity contribution in [3.8, 4) is 11.1 Å². The molecule has 0 bridgehead atoms. The van der Waals surface area contributed by atoms with Crippen LogP contribution in [0.1, 0.15) is 30.3 Å². The highest BCUT2D eigenvalue weighted by Gasteiger charge is 2.33. The molecular weight excluding hydrogens is 393 g/mol. The lowest BCUT2D eigenvalue weighted by atomic mass is 10.0. The molecule has 31 heavy (non-hydrogen) atoms. The number of likely N-dealkylation sites (tertiary alicyclic amines) is 1. The number of halogens is 1. The largest absolute Gasteiger partial charge is 0.438 e. The second-order valence-electron chi connectivity index (χ2n) is 7.71. The van der Waals surface area contributed by atoms with E-state index in [0.717, 1.165) is 24.0 Å². The van der Waals surface area contributed by atoms with E-state index in [0.29, 0.717) is 35.6 Å². The number of rotatable bonds is 4. The molecular formula is C25H22FN3O2. The van der Waals surface area contributed by atoms with Crippen molar-refractivity contribution in [2.24, 2.45) is 0 Å². The van der Waals surface area contributed by atoms with E-state index < -0.39 is 0 Å². The molecule has 1 aliphatic heterocycles. The van der Waals surface area contributed by atoms with Crippen molar-refractivity contribution in [2.75, 3.05) is 6.54 Å². The van der Waals surface area contributed by atoms with Crippen LogP contribution in [0.2, 0.25) is 0 Å². The Morgan fingerprint density at radius 1 is 1.10 bits per heavy atom. The second-order valence-corrected chi connectivity index (χ2v) is 7.71. The quantitative estimate of drug-likeness (QED) is 0.466. The van der Waals surface area contributed by atoms with Crippen LogP contribution in [0.5, 0.6) is 0 Å². The Bertz CT molecular complexity index is 1220. The van der Waals surface area contributed by atoms with Gasteiger partial charge in [0.05, 0.1) is 0 Å². The van der Waals surface area contributed by atoms with Gasteiger partial charge in [-0.1, -0.05) is 54.6 Å². The second kappa shape index (κ2) is 8.22. The normalized spacial score (nSPS) is 16.0. The first-order valence-electron chi connectivity index (χ1n) is 10.4. The maximum atomic E-state index is 14.2. The van der Waals surface area contributed by atoms with E-state index in [2.05, 4.69) is 10.3 Å². The van der Waals surface area contributed by atoms with Crippen molar-refractivity contribution >= 4 is 17.1 Å². The first-order valence-corrected chi connectivity index (χ1v) is 10.4. The van der Waals surface area contributed by atoms with E-state index in [1.165, 1.54) is 6.07 Å². The average molecular weight is 415 g/mol. The van der Waals surface area contributed by atoms with Crippen LogP contribution < -0.4 is 5.32 Å². The third-order valence-electron chi connectivity index (χ3n) is 5.67. The third-order valence-corrected chi connectivity index (χ3v) is 5.67. The van der Waals surface area contributed by atoms with Crippen molar-refractivity contribution in [2.45, 2.75) is 25.4 Å². The molecule has 2 amide bonds. The Hall–Kier alpha value is -3.67. The van der Waals surface area contributed by atoms with E-state index in [1.807, 2.05) is 48.5 Å². The van der Waals surface area contributed by atoms with Crippen LogP contribution in [-0.2, 0) is 6.54 Å². The van der Waals surface area contributed by atoms with Gasteiger partial charge in [0, 0.05) is 18.7 Å². The fourth-order valence-corrected chi connectivity index (χ4v) is 4.09. The number of nitrogens with zero attached hydrogens (tertiary/aromatic N) is 2. The smallest absolute Gasteiger partial charge is 0.318 e. The highest BCUT2D eigenvalue weighted by molar-refractivity contribution is 5.81. The van der Waals surface area contributed by atoms with Crippen LogP contribution in [0.15, 0.2) is 77.2 Å². The zero-order chi connectivity index (χ0) is 21.2. The van der Waals surface area contributed by atoms with Crippen LogP contribution in [-0.4, -0.2) is 22.5 Å². The number of aromatic nitrogens is 1. The molecule has 1 saturated heterocycles. The van der Waals surface area contributed by atoms with Gasteiger partial charge < -0.3 is 14.6 Å². The topological polar surface area (TPSA) is 58.4 Å². The van der Waals surface area contributed by atoms with Gasteiger partial charge in [-0.15, -0.1) is 0 Å². The molecule has 4 aromatic rings. The highest BCUT2D eigenvalue weighted by Crippen LogP contribution is 2.34. The van der Waals surface area contributed by atoms with Gasteiger partial charge in [-0.05, 0) is 42.2 Å². The monoisotopic (exact) mass is 415 g/mol. The Balaban J connectivity index is 1.36. The highest BCUT2D eigenvalue weighted by atomic mass is 19.1. The molecule has 5 nitrogen and oxygen atoms in total. The molecule has 1 fully saturated rings. The lowest BCUT2D eigenvalue weighted by molar-refractivity contribution is 0.184. The predicted octanol–water partition coefficient (Wildman–Crippen LogP) is 5.68. The van der Waals surface area contributed by atoms with Crippen molar-refractivity contribution < 1.29 is 13.6 Å². The fraction of sp³-hybridized carbons (Fsp3) is 0.200. The number of benzene rings is 3. The summed E-state index contributed by atoms with van der Waals surface area (Å²) >= 11 is 0. The third kappa shape index (κ3) is 3.89. The first kappa shape index (κ1) is 19.3. The number of urea groups is 1. The van der Waals surface area contributed by atoms with E-state index in [4.69, 9.17) is 4.42 Å². The molecule has 156 valence electrons. The fourth-order valence-electron chi connectivity index (χ4n) is 4.09. The summed E-state index contributed by atoms with van der Waals surface area (Å²) in [7, 11) is 0. The van der Waals surface area contributed by atoms with Crippen LogP contribution in [0.4, 0.5) is 9.18 Å². The van der Waals surface area contributed by atoms with Crippen LogP contribution >= 0.6 is 0 Å². The number of fused-ring (bicyclic) bond motifs is 1. The van der Waals surface area contributed by atoms with E-state index >= 15 is 0 Å². The number of hydrogen-bond acceptors (Lipinski definition) is 3. The molecule has 1 N–H and O–H groups in total. The average Bonchev–Trinajstić information content (AvgIpc) is 3.45. The SMILES string of the molecule is O=C(NCc1ccccc1)N1CCC[C@H]1c1nc2cc(-c3ccccc3F)ccc2o1. The standard InChI is InChI=1S/C25H22FN3O2/c26-20-10-5-4-9-19(20)18-12-13-23-21(15-18)28-24(31-23)22-11-6-14-29(22)25(30)27-16-17-7-2-1-3-8-17/h1-5,7-10,12-13,15,22H,6,11,14,16H2,(H,27,30)/t22-/m0/s1. The Labute approximate surface area is 179 Å². The summed E-state index contributed by atoms with van der Waals surface area (Å²) in [6.45, 7) is 1.13. The number of oxazole rings is 1. The lowest BCUT2D eigenvalue weighted by Crippen LogP contribution is -2.39. The lowest BCUT2D eigenvalue weighted by Gasteiger charge is -2.22. The predicted molar refractivity (Wildman–Crippen MR) is 117 cm³/mol. The van der Waals surface area contributed by atoms with Gasteiger partial charge in [0.15, 0.2) is 5.58 Å². The Kier molecular flexibility index (Phi) is 5.12. The van der Waals surface area contributed by atoms with Crippen molar-refractivity contribution in [1.29, 1.82) is 0 Å². The maximum absolute atomic E-state index is 14.2. The van der Waals surface area contributed by atoms with Gasteiger partial charge >= 0.3 is 6.03 Å². The number of hydrogen-bond donors (Lipinski definition) is 1. The minimum atomic E-state index is -0.275. The van der Waals surface area contributed by atoms with Gasteiger partial charge in [0.25, 0.3) is 0 Å². The zero-order valence-electron chi connectivity index (χ0n) is 16.9. The maximum Gasteiger partial charge on any atom is 0.318 e. The molecule has 1 aliphatic rings. The molecule has 1 atom stereocenters. The van der Waals surface area contributed by atoms with Gasteiger partial charge in [-0.25, -0.2) is 14.2 Å². The van der Waals surface area contributed by atoms with Crippen LogP contribution in [0.3, 0.4) is 0 Å². The number of carbonyl (C=O) groups is 1. The van der Waals surface area contributed by atoms with E-state index in [9.17, 15) is 9.18 Å². The molecule has 0 spiro atoms. The number of carbonyl (C=O) groups excluding carboxylic acids is 1. The number of nitrogens with one attached hydrogen (secondary N) is 1. The molecule has 0 saturated carbocycles. The Morgan fingerprint density at radius 3 is 2.74 bits per heavy atom. The summed E-state index contributed by atoms with van der Waals surface area (Å²) in [5.74, 6) is 0.246. The van der Waals surface area contributed by atoms with Crippen molar-refractivity contribution in [1.82, 2.24) is 15.2 Å². The van der Waals surface area contributed by atoms with Gasteiger partial charge in [0.2, 0.25) is 5.89 Å². The number of amides is 2. The molecule has 3 aromatic carbocycles. The molecule has 6 heteroatoms. The van der Waals surface area contributed by atoms with Crippen molar-refractivity contribution in [3.05, 3.63) is 90.1 Å². The summed E-state index contributed by atoms with van der Waals surface area (Å²) in [5.41, 5.74) is 3.61. The van der Waals surface area contributed by atoms with E-state index in [1.54, 1.807) is 23.1 Å². The van der Waals surface area contributed by atoms with Gasteiger partial charge in [-0.2, -0.15) is 0 Å². The van der Waals surface area contributed by atoms with Crippen LogP contribution in [0, 0.1) is 5.82 Å². The first-order chi connectivity index (χ1) is 15.2. The summed E-state index contributed by atoms with van der Waals surface area (Å²) < 4.78 is 20.2. The molecule has 0 radical (unpaired) electrons. The van der Waals surface area contributed by atoms with Crippen LogP contribution in [0.25, 0.3) is 22.2 Å². The Morgan fingerprint density at radius 2 is 1.90 bits per heavy atom. The van der Waals surface area contributed by atoms with E-state index in [-0.39, 0.29) is 17.9 Å². The molecule has 0 unspecified atom stereocenters. The zero-order valence-corrected chi connectivity index (χ0v) is 16.9. The van der Waals surface area contributed by atoms with Gasteiger partial charge in [0.1, 0.15) is 17.4 Å².